The normalized spacial score (nSPS) is 19.9. The summed E-state index contributed by atoms with van der Waals surface area (Å²) in [4.78, 5) is 22.5. The van der Waals surface area contributed by atoms with E-state index in [0.29, 0.717) is 12.5 Å². The molecule has 1 N–H and O–H groups in total. The first-order valence-electron chi connectivity index (χ1n) is 7.82. The van der Waals surface area contributed by atoms with Crippen LogP contribution < -0.4 is 5.32 Å². The molecule has 0 bridgehead atoms. The van der Waals surface area contributed by atoms with E-state index in [1.807, 2.05) is 24.3 Å². The molecule has 0 aromatic heterocycles. The Kier molecular flexibility index (Phi) is 6.19. The second-order valence-corrected chi connectivity index (χ2v) is 5.63. The van der Waals surface area contributed by atoms with Crippen LogP contribution in [0.2, 0.25) is 0 Å². The Morgan fingerprint density at radius 2 is 2.05 bits per heavy atom. The van der Waals surface area contributed by atoms with E-state index in [1.165, 1.54) is 12.5 Å². The Balaban J connectivity index is 1.54. The van der Waals surface area contributed by atoms with Crippen LogP contribution in [-0.4, -0.2) is 18.5 Å². The minimum Gasteiger partial charge on any atom is -0.465 e. The fourth-order valence-electron chi connectivity index (χ4n) is 2.43. The summed E-state index contributed by atoms with van der Waals surface area (Å²) in [7, 11) is 0. The molecule has 1 saturated carbocycles. The molecule has 0 saturated heterocycles. The predicted molar refractivity (Wildman–Crippen MR) is 85.1 cm³/mol. The van der Waals surface area contributed by atoms with Gasteiger partial charge < -0.3 is 10.1 Å². The number of rotatable bonds is 8. The molecule has 1 fully saturated rings. The molecule has 22 heavy (non-hydrogen) atoms. The molecular weight excluding hydrogens is 278 g/mol. The molecular formula is C18H23NO3. The van der Waals surface area contributed by atoms with E-state index in [2.05, 4.69) is 17.4 Å². The average molecular weight is 301 g/mol. The van der Waals surface area contributed by atoms with Crippen LogP contribution >= 0.6 is 0 Å². The zero-order valence-corrected chi connectivity index (χ0v) is 13.0. The third-order valence-electron chi connectivity index (χ3n) is 3.73. The number of amides is 1. The highest BCUT2D eigenvalue weighted by Gasteiger charge is 2.44. The number of allylic oxidation sites excluding steroid dienone is 1. The van der Waals surface area contributed by atoms with Crippen molar-refractivity contribution in [2.45, 2.75) is 38.5 Å². The number of hydrogen-bond donors (Lipinski definition) is 1. The van der Waals surface area contributed by atoms with Crippen molar-refractivity contribution in [1.82, 2.24) is 5.32 Å². The van der Waals surface area contributed by atoms with Crippen LogP contribution in [0.1, 0.15) is 44.1 Å². The number of hydrogen-bond acceptors (Lipinski definition) is 3. The van der Waals surface area contributed by atoms with Crippen molar-refractivity contribution >= 4 is 11.9 Å². The molecule has 1 amide bonds. The van der Waals surface area contributed by atoms with E-state index in [0.717, 1.165) is 25.7 Å². The van der Waals surface area contributed by atoms with Crippen LogP contribution in [-0.2, 0) is 14.3 Å². The maximum atomic E-state index is 11.9. The second-order valence-electron chi connectivity index (χ2n) is 5.63. The monoisotopic (exact) mass is 301 g/mol. The molecule has 1 aromatic rings. The van der Waals surface area contributed by atoms with Gasteiger partial charge in [0.15, 0.2) is 0 Å². The van der Waals surface area contributed by atoms with Gasteiger partial charge in [0.1, 0.15) is 0 Å². The zero-order valence-electron chi connectivity index (χ0n) is 13.0. The number of benzene rings is 1. The number of ether oxygens (including phenoxy) is 1. The Bertz CT molecular complexity index is 524. The first kappa shape index (κ1) is 16.3. The van der Waals surface area contributed by atoms with Gasteiger partial charge in [0.05, 0.1) is 12.5 Å². The van der Waals surface area contributed by atoms with Gasteiger partial charge in [-0.3, -0.25) is 9.59 Å². The van der Waals surface area contributed by atoms with Crippen molar-refractivity contribution < 1.29 is 14.3 Å². The minimum absolute atomic E-state index is 0.0436. The molecule has 118 valence electrons. The Morgan fingerprint density at radius 1 is 1.27 bits per heavy atom. The molecule has 0 spiro atoms. The van der Waals surface area contributed by atoms with Crippen LogP contribution in [0.5, 0.6) is 0 Å². The summed E-state index contributed by atoms with van der Waals surface area (Å²) >= 11 is 0. The number of carbonyl (C=O) groups excluding carboxylic acids is 2. The van der Waals surface area contributed by atoms with Gasteiger partial charge in [0.25, 0.3) is 0 Å². The molecule has 0 radical (unpaired) electrons. The van der Waals surface area contributed by atoms with Gasteiger partial charge in [-0.15, -0.1) is 0 Å². The lowest BCUT2D eigenvalue weighted by molar-refractivity contribution is -0.145. The molecule has 0 heterocycles. The van der Waals surface area contributed by atoms with Crippen molar-refractivity contribution in [2.24, 2.45) is 5.92 Å². The summed E-state index contributed by atoms with van der Waals surface area (Å²) in [6, 6.07) is 10.1. The Labute approximate surface area is 131 Å². The molecule has 2 atom stereocenters. The lowest BCUT2D eigenvalue weighted by atomic mass is 10.1. The fraction of sp³-hybridized carbons (Fsp3) is 0.444. The summed E-state index contributed by atoms with van der Waals surface area (Å²) < 4.78 is 5.33. The maximum Gasteiger partial charge on any atom is 0.309 e. The lowest BCUT2D eigenvalue weighted by Crippen LogP contribution is -2.11. The van der Waals surface area contributed by atoms with E-state index < -0.39 is 0 Å². The number of esters is 1. The average Bonchev–Trinajstić information content (AvgIpc) is 3.31. The first-order valence-corrected chi connectivity index (χ1v) is 7.82. The van der Waals surface area contributed by atoms with Crippen LogP contribution in [0.4, 0.5) is 0 Å². The van der Waals surface area contributed by atoms with Crippen molar-refractivity contribution in [3.63, 3.8) is 0 Å². The highest BCUT2D eigenvalue weighted by atomic mass is 16.5. The third-order valence-corrected chi connectivity index (χ3v) is 3.73. The van der Waals surface area contributed by atoms with Gasteiger partial charge in [0, 0.05) is 6.92 Å². The van der Waals surface area contributed by atoms with Gasteiger partial charge in [-0.25, -0.2) is 0 Å². The highest BCUT2D eigenvalue weighted by Crippen LogP contribution is 2.48. The zero-order chi connectivity index (χ0) is 15.8. The molecule has 1 unspecified atom stereocenters. The van der Waals surface area contributed by atoms with Crippen LogP contribution in [0.25, 0.3) is 0 Å². The van der Waals surface area contributed by atoms with Gasteiger partial charge in [-0.1, -0.05) is 36.4 Å². The van der Waals surface area contributed by atoms with Gasteiger partial charge >= 0.3 is 5.97 Å². The van der Waals surface area contributed by atoms with E-state index in [-0.39, 0.29) is 17.8 Å². The lowest BCUT2D eigenvalue weighted by Gasteiger charge is -2.04. The SMILES string of the molecule is CC(=O)N/C=C/CCCCOC(=O)C1C[C@H]1c1ccccc1. The molecule has 1 aliphatic rings. The van der Waals surface area contributed by atoms with Crippen molar-refractivity contribution in [3.8, 4) is 0 Å². The van der Waals surface area contributed by atoms with Crippen LogP contribution in [0.15, 0.2) is 42.6 Å². The van der Waals surface area contributed by atoms with Gasteiger partial charge in [-0.2, -0.15) is 0 Å². The molecule has 0 aliphatic heterocycles. The molecule has 1 aromatic carbocycles. The maximum absolute atomic E-state index is 11.9. The quantitative estimate of drug-likeness (QED) is 0.593. The van der Waals surface area contributed by atoms with Crippen LogP contribution in [0, 0.1) is 5.92 Å². The van der Waals surface area contributed by atoms with E-state index in [1.54, 1.807) is 6.20 Å². The van der Waals surface area contributed by atoms with E-state index >= 15 is 0 Å². The van der Waals surface area contributed by atoms with Gasteiger partial charge in [-0.05, 0) is 43.4 Å². The summed E-state index contributed by atoms with van der Waals surface area (Å²) in [6.45, 7) is 1.95. The summed E-state index contributed by atoms with van der Waals surface area (Å²) in [5.74, 6) is 0.251. The second kappa shape index (κ2) is 8.37. The summed E-state index contributed by atoms with van der Waals surface area (Å²) in [6.07, 6.45) is 7.13. The molecule has 4 nitrogen and oxygen atoms in total. The third kappa shape index (κ3) is 5.35. The van der Waals surface area contributed by atoms with E-state index in [9.17, 15) is 9.59 Å². The van der Waals surface area contributed by atoms with Crippen molar-refractivity contribution in [1.29, 1.82) is 0 Å². The summed E-state index contributed by atoms with van der Waals surface area (Å²) in [5.41, 5.74) is 1.23. The van der Waals surface area contributed by atoms with Crippen molar-refractivity contribution in [2.75, 3.05) is 6.61 Å². The number of nitrogens with one attached hydrogen (secondary N) is 1. The fourth-order valence-corrected chi connectivity index (χ4v) is 2.43. The smallest absolute Gasteiger partial charge is 0.309 e. The van der Waals surface area contributed by atoms with E-state index in [4.69, 9.17) is 4.74 Å². The standard InChI is InChI=1S/C18H23NO3/c1-14(20)19-11-7-2-3-8-12-22-18(21)17-13-16(17)15-9-5-4-6-10-15/h4-7,9-11,16-17H,2-3,8,12-13H2,1H3,(H,19,20)/b11-7+/t16-,17?/m0/s1. The van der Waals surface area contributed by atoms with Gasteiger partial charge in [0.2, 0.25) is 5.91 Å². The minimum atomic E-state index is -0.0671. The topological polar surface area (TPSA) is 55.4 Å². The largest absolute Gasteiger partial charge is 0.465 e. The number of unbranched alkanes of at least 4 members (excludes halogenated alkanes) is 2. The summed E-state index contributed by atoms with van der Waals surface area (Å²) in [5, 5.41) is 2.59. The Morgan fingerprint density at radius 3 is 2.77 bits per heavy atom. The molecule has 4 heteroatoms. The molecule has 1 aliphatic carbocycles. The number of carbonyl (C=O) groups is 2. The molecule has 2 rings (SSSR count). The van der Waals surface area contributed by atoms with Crippen LogP contribution in [0.3, 0.4) is 0 Å². The highest BCUT2D eigenvalue weighted by molar-refractivity contribution is 5.77. The van der Waals surface area contributed by atoms with Crippen molar-refractivity contribution in [3.05, 3.63) is 48.2 Å². The first-order chi connectivity index (χ1) is 10.7. The predicted octanol–water partition coefficient (Wildman–Crippen LogP) is 3.15. The Hall–Kier alpha value is -2.10.